The molecule has 8 nitrogen and oxygen atoms in total. The van der Waals surface area contributed by atoms with Crippen molar-refractivity contribution < 1.29 is 14.4 Å². The highest BCUT2D eigenvalue weighted by atomic mass is 79.9. The molecule has 0 bridgehead atoms. The quantitative estimate of drug-likeness (QED) is 0.164. The van der Waals surface area contributed by atoms with Crippen LogP contribution in [0.4, 0.5) is 0 Å². The number of benzene rings is 2. The Morgan fingerprint density at radius 2 is 2.00 bits per heavy atom. The highest BCUT2D eigenvalue weighted by molar-refractivity contribution is 9.10. The number of aromatic nitrogens is 3. The number of hydrogen-bond acceptors (Lipinski definition) is 7. The summed E-state index contributed by atoms with van der Waals surface area (Å²) in [5, 5.41) is 19.9. The molecule has 2 aromatic carbocycles. The summed E-state index contributed by atoms with van der Waals surface area (Å²) >= 11 is 4.69. The van der Waals surface area contributed by atoms with Crippen LogP contribution in [0.2, 0.25) is 0 Å². The number of thioether (sulfide) groups is 1. The zero-order valence-electron chi connectivity index (χ0n) is 17.5. The first-order valence-electron chi connectivity index (χ1n) is 9.72. The molecule has 0 saturated heterocycles. The van der Waals surface area contributed by atoms with E-state index in [2.05, 4.69) is 32.0 Å². The monoisotopic (exact) mass is 516 g/mol. The summed E-state index contributed by atoms with van der Waals surface area (Å²) in [7, 11) is 0. The van der Waals surface area contributed by atoms with E-state index in [1.807, 2.05) is 42.7 Å². The van der Waals surface area contributed by atoms with E-state index in [4.69, 9.17) is 15.9 Å². The third-order valence-electron chi connectivity index (χ3n) is 4.39. The maximum atomic E-state index is 11.5. The molecule has 0 saturated carbocycles. The maximum Gasteiger partial charge on any atom is 0.220 e. The molecule has 0 aliphatic rings. The van der Waals surface area contributed by atoms with Crippen LogP contribution in [0.25, 0.3) is 5.69 Å². The predicted octanol–water partition coefficient (Wildman–Crippen LogP) is 4.86. The fourth-order valence-corrected chi connectivity index (χ4v) is 4.63. The smallest absolute Gasteiger partial charge is 0.220 e. The van der Waals surface area contributed by atoms with Crippen molar-refractivity contribution in [1.29, 1.82) is 0 Å². The van der Waals surface area contributed by atoms with Gasteiger partial charge in [0.25, 0.3) is 0 Å². The van der Waals surface area contributed by atoms with E-state index in [0.717, 1.165) is 15.9 Å². The molecule has 166 valence electrons. The van der Waals surface area contributed by atoms with Crippen LogP contribution < -0.4 is 9.47 Å². The van der Waals surface area contributed by atoms with Crippen molar-refractivity contribution in [2.75, 3.05) is 19.8 Å². The Morgan fingerprint density at radius 3 is 2.66 bits per heavy atom. The third-order valence-corrected chi connectivity index (χ3v) is 6.05. The largest absolute Gasteiger partial charge is 0.494 e. The Labute approximate surface area is 198 Å². The minimum Gasteiger partial charge on any atom is -0.494 e. The standard InChI is InChI=1S/C22H21BrN4O4S/c1-4-12-31-20-11-6-16(23)13-19(20)21(14-26(28)29)32-22-25-24-15(3)27(22)17-7-9-18(10-8-17)30-5-2/h1,6-11,13,21H,5,12,14H2,2-3H3/t21-/m1/s1. The predicted molar refractivity (Wildman–Crippen MR) is 126 cm³/mol. The molecule has 0 aliphatic carbocycles. The number of halogens is 1. The first-order chi connectivity index (χ1) is 15.4. The first kappa shape index (κ1) is 23.6. The van der Waals surface area contributed by atoms with Crippen molar-refractivity contribution in [1.82, 2.24) is 14.8 Å². The van der Waals surface area contributed by atoms with Gasteiger partial charge >= 0.3 is 0 Å². The number of aryl methyl sites for hydroxylation is 1. The highest BCUT2D eigenvalue weighted by Gasteiger charge is 2.27. The number of ether oxygens (including phenoxy) is 2. The van der Waals surface area contributed by atoms with Crippen molar-refractivity contribution in [3.8, 4) is 29.5 Å². The normalized spacial score (nSPS) is 11.6. The summed E-state index contributed by atoms with van der Waals surface area (Å²) in [6.07, 6.45) is 5.33. The molecule has 0 amide bonds. The van der Waals surface area contributed by atoms with E-state index >= 15 is 0 Å². The minimum absolute atomic E-state index is 0.0615. The van der Waals surface area contributed by atoms with Crippen molar-refractivity contribution in [2.24, 2.45) is 0 Å². The second-order valence-corrected chi connectivity index (χ2v) is 8.67. The zero-order valence-corrected chi connectivity index (χ0v) is 19.9. The highest BCUT2D eigenvalue weighted by Crippen LogP contribution is 2.41. The molecule has 0 radical (unpaired) electrons. The number of rotatable bonds is 10. The Kier molecular flexibility index (Phi) is 8.14. The van der Waals surface area contributed by atoms with E-state index < -0.39 is 5.25 Å². The van der Waals surface area contributed by atoms with E-state index in [-0.39, 0.29) is 18.1 Å². The van der Waals surface area contributed by atoms with E-state index in [0.29, 0.717) is 28.9 Å². The van der Waals surface area contributed by atoms with Crippen molar-refractivity contribution >= 4 is 27.7 Å². The summed E-state index contributed by atoms with van der Waals surface area (Å²) < 4.78 is 13.8. The van der Waals surface area contributed by atoms with Gasteiger partial charge in [0.1, 0.15) is 29.2 Å². The van der Waals surface area contributed by atoms with Crippen LogP contribution >= 0.6 is 27.7 Å². The summed E-state index contributed by atoms with van der Waals surface area (Å²) in [6.45, 7) is 4.06. The zero-order chi connectivity index (χ0) is 23.1. The van der Waals surface area contributed by atoms with Crippen molar-refractivity contribution in [2.45, 2.75) is 24.3 Å². The van der Waals surface area contributed by atoms with Crippen LogP contribution in [-0.4, -0.2) is 39.4 Å². The second kappa shape index (κ2) is 11.0. The van der Waals surface area contributed by atoms with Crippen molar-refractivity contribution in [3.63, 3.8) is 0 Å². The molecule has 1 aromatic heterocycles. The lowest BCUT2D eigenvalue weighted by molar-refractivity contribution is -0.479. The molecule has 0 aliphatic heterocycles. The fourth-order valence-electron chi connectivity index (χ4n) is 3.06. The van der Waals surface area contributed by atoms with Gasteiger partial charge in [-0.05, 0) is 56.3 Å². The lowest BCUT2D eigenvalue weighted by Crippen LogP contribution is -2.13. The van der Waals surface area contributed by atoms with Crippen LogP contribution in [0.3, 0.4) is 0 Å². The lowest BCUT2D eigenvalue weighted by atomic mass is 10.1. The topological polar surface area (TPSA) is 92.3 Å². The summed E-state index contributed by atoms with van der Waals surface area (Å²) in [5.41, 5.74) is 1.48. The molecule has 10 heteroatoms. The number of nitrogens with zero attached hydrogens (tertiary/aromatic N) is 4. The minimum atomic E-state index is -0.583. The maximum absolute atomic E-state index is 11.5. The molecule has 0 spiro atoms. The van der Waals surface area contributed by atoms with Gasteiger partial charge in [0, 0.05) is 20.6 Å². The van der Waals surface area contributed by atoms with Gasteiger partial charge in [0.05, 0.1) is 6.61 Å². The van der Waals surface area contributed by atoms with Gasteiger partial charge in [0.15, 0.2) is 5.16 Å². The van der Waals surface area contributed by atoms with Gasteiger partial charge in [-0.15, -0.1) is 16.6 Å². The van der Waals surface area contributed by atoms with Gasteiger partial charge in [-0.3, -0.25) is 14.7 Å². The molecule has 3 aromatic rings. The van der Waals surface area contributed by atoms with Crippen LogP contribution in [-0.2, 0) is 0 Å². The van der Waals surface area contributed by atoms with E-state index in [9.17, 15) is 10.1 Å². The van der Waals surface area contributed by atoms with Crippen LogP contribution in [0, 0.1) is 29.4 Å². The molecule has 0 unspecified atom stereocenters. The third kappa shape index (κ3) is 5.81. The van der Waals surface area contributed by atoms with Crippen LogP contribution in [0.15, 0.2) is 52.1 Å². The van der Waals surface area contributed by atoms with Gasteiger partial charge < -0.3 is 9.47 Å². The Bertz CT molecular complexity index is 1130. The summed E-state index contributed by atoms with van der Waals surface area (Å²) in [4.78, 5) is 11.1. The van der Waals surface area contributed by atoms with Crippen LogP contribution in [0.1, 0.15) is 23.6 Å². The lowest BCUT2D eigenvalue weighted by Gasteiger charge is -2.18. The molecule has 1 atom stereocenters. The van der Waals surface area contributed by atoms with Crippen molar-refractivity contribution in [3.05, 3.63) is 68.4 Å². The molecular weight excluding hydrogens is 496 g/mol. The molecule has 32 heavy (non-hydrogen) atoms. The average Bonchev–Trinajstić information content (AvgIpc) is 3.13. The average molecular weight is 517 g/mol. The molecule has 0 N–H and O–H groups in total. The summed E-state index contributed by atoms with van der Waals surface area (Å²) in [5.74, 6) is 4.34. The molecule has 1 heterocycles. The number of nitro groups is 1. The Morgan fingerprint density at radius 1 is 1.25 bits per heavy atom. The van der Waals surface area contributed by atoms with Gasteiger partial charge in [0.2, 0.25) is 6.54 Å². The van der Waals surface area contributed by atoms with Gasteiger partial charge in [-0.25, -0.2) is 0 Å². The first-order valence-corrected chi connectivity index (χ1v) is 11.4. The number of terminal acetylenes is 1. The second-order valence-electron chi connectivity index (χ2n) is 6.59. The molecule has 0 fully saturated rings. The number of hydrogen-bond donors (Lipinski definition) is 0. The van der Waals surface area contributed by atoms with E-state index in [1.165, 1.54) is 11.8 Å². The van der Waals surface area contributed by atoms with Gasteiger partial charge in [-0.1, -0.05) is 33.6 Å². The molecular formula is C22H21BrN4O4S. The fraction of sp³-hybridized carbons (Fsp3) is 0.273. The summed E-state index contributed by atoms with van der Waals surface area (Å²) in [6, 6.07) is 12.9. The SMILES string of the molecule is C#CCOc1ccc(Br)cc1[C@@H](C[N+](=O)[O-])Sc1nnc(C)n1-c1ccc(OCC)cc1. The van der Waals surface area contributed by atoms with Gasteiger partial charge in [-0.2, -0.15) is 0 Å². The molecule has 3 rings (SSSR count). The van der Waals surface area contributed by atoms with E-state index in [1.54, 1.807) is 18.2 Å². The Balaban J connectivity index is 1.99. The van der Waals surface area contributed by atoms with Crippen LogP contribution in [0.5, 0.6) is 11.5 Å². The Hall–Kier alpha value is -3.03.